The van der Waals surface area contributed by atoms with Gasteiger partial charge in [-0.1, -0.05) is 19.9 Å². The molecular formula is C17H25N. The minimum absolute atomic E-state index is 0.704. The molecule has 1 aromatic heterocycles. The van der Waals surface area contributed by atoms with Crippen LogP contribution in [0.2, 0.25) is 0 Å². The van der Waals surface area contributed by atoms with E-state index in [1.54, 1.807) is 5.56 Å². The molecule has 0 atom stereocenters. The molecule has 2 rings (SSSR count). The lowest BCUT2D eigenvalue weighted by Gasteiger charge is -2.09. The Bertz CT molecular complexity index is 600. The third-order valence-corrected chi connectivity index (χ3v) is 4.20. The van der Waals surface area contributed by atoms with Gasteiger partial charge in [-0.2, -0.15) is 0 Å². The van der Waals surface area contributed by atoms with E-state index in [4.69, 9.17) is 0 Å². The zero-order chi connectivity index (χ0) is 13.6. The highest BCUT2D eigenvalue weighted by atomic mass is 14.9. The van der Waals surface area contributed by atoms with Gasteiger partial charge in [0.25, 0.3) is 0 Å². The van der Waals surface area contributed by atoms with Crippen LogP contribution in [0.4, 0.5) is 0 Å². The van der Waals surface area contributed by atoms with Crippen LogP contribution < -0.4 is 0 Å². The Hall–Kier alpha value is -1.24. The van der Waals surface area contributed by atoms with Gasteiger partial charge in [0.2, 0.25) is 0 Å². The first-order valence-electron chi connectivity index (χ1n) is 6.89. The van der Waals surface area contributed by atoms with Gasteiger partial charge < -0.3 is 4.57 Å². The topological polar surface area (TPSA) is 4.93 Å². The lowest BCUT2D eigenvalue weighted by atomic mass is 9.95. The van der Waals surface area contributed by atoms with Crippen molar-refractivity contribution in [2.45, 2.75) is 48.0 Å². The van der Waals surface area contributed by atoms with Crippen LogP contribution in [0.1, 0.15) is 41.8 Å². The van der Waals surface area contributed by atoms with Crippen molar-refractivity contribution in [3.63, 3.8) is 0 Å². The van der Waals surface area contributed by atoms with E-state index >= 15 is 0 Å². The Balaban J connectivity index is 2.88. The number of hydrogen-bond donors (Lipinski definition) is 0. The van der Waals surface area contributed by atoms with Crippen molar-refractivity contribution in [2.24, 2.45) is 13.0 Å². The van der Waals surface area contributed by atoms with E-state index < -0.39 is 0 Å². The lowest BCUT2D eigenvalue weighted by Crippen LogP contribution is -1.97. The molecule has 0 aliphatic heterocycles. The fraction of sp³-hybridized carbons (Fsp3) is 0.529. The maximum absolute atomic E-state index is 2.38. The molecule has 0 unspecified atom stereocenters. The van der Waals surface area contributed by atoms with Gasteiger partial charge in [-0.25, -0.2) is 0 Å². The fourth-order valence-electron chi connectivity index (χ4n) is 3.08. The summed E-state index contributed by atoms with van der Waals surface area (Å²) in [6.07, 6.45) is 1.17. The monoisotopic (exact) mass is 243 g/mol. The molecular weight excluding hydrogens is 218 g/mol. The highest BCUT2D eigenvalue weighted by Gasteiger charge is 2.17. The largest absolute Gasteiger partial charge is 0.347 e. The van der Waals surface area contributed by atoms with Crippen LogP contribution in [0.15, 0.2) is 6.07 Å². The fourth-order valence-corrected chi connectivity index (χ4v) is 3.08. The number of fused-ring (bicyclic) bond motifs is 1. The third-order valence-electron chi connectivity index (χ3n) is 4.20. The van der Waals surface area contributed by atoms with Gasteiger partial charge in [-0.15, -0.1) is 0 Å². The summed E-state index contributed by atoms with van der Waals surface area (Å²) < 4.78 is 2.38. The minimum Gasteiger partial charge on any atom is -0.347 e. The highest BCUT2D eigenvalue weighted by molar-refractivity contribution is 5.91. The molecule has 0 amide bonds. The van der Waals surface area contributed by atoms with Gasteiger partial charge in [0.05, 0.1) is 5.52 Å². The molecule has 0 aliphatic rings. The minimum atomic E-state index is 0.704. The molecule has 0 bridgehead atoms. The summed E-state index contributed by atoms with van der Waals surface area (Å²) in [4.78, 5) is 0. The van der Waals surface area contributed by atoms with E-state index in [0.29, 0.717) is 5.92 Å². The van der Waals surface area contributed by atoms with E-state index in [9.17, 15) is 0 Å². The second-order valence-electron chi connectivity index (χ2n) is 6.08. The molecule has 1 heteroatoms. The summed E-state index contributed by atoms with van der Waals surface area (Å²) in [5, 5.41) is 1.49. The Kier molecular flexibility index (Phi) is 3.27. The van der Waals surface area contributed by atoms with E-state index in [-0.39, 0.29) is 0 Å². The van der Waals surface area contributed by atoms with Crippen molar-refractivity contribution >= 4 is 10.9 Å². The van der Waals surface area contributed by atoms with Crippen LogP contribution in [0, 0.1) is 33.6 Å². The van der Waals surface area contributed by atoms with Crippen molar-refractivity contribution in [3.8, 4) is 0 Å². The molecule has 0 saturated carbocycles. The lowest BCUT2D eigenvalue weighted by molar-refractivity contribution is 0.645. The van der Waals surface area contributed by atoms with Gasteiger partial charge in [-0.05, 0) is 62.3 Å². The first-order valence-corrected chi connectivity index (χ1v) is 6.89. The molecule has 18 heavy (non-hydrogen) atoms. The second-order valence-corrected chi connectivity index (χ2v) is 6.08. The molecule has 0 radical (unpaired) electrons. The number of nitrogens with zero attached hydrogens (tertiary/aromatic N) is 1. The molecule has 0 spiro atoms. The molecule has 0 fully saturated rings. The van der Waals surface area contributed by atoms with Crippen molar-refractivity contribution in [1.29, 1.82) is 0 Å². The standard InChI is InChI=1S/C17H25N/c1-10(2)8-15-14(6)18(7)17-13(5)11(3)9-12(4)16(15)17/h9-10H,8H2,1-7H3. The summed E-state index contributed by atoms with van der Waals surface area (Å²) >= 11 is 0. The number of aromatic nitrogens is 1. The van der Waals surface area contributed by atoms with Crippen molar-refractivity contribution in [3.05, 3.63) is 34.0 Å². The van der Waals surface area contributed by atoms with Gasteiger partial charge >= 0.3 is 0 Å². The van der Waals surface area contributed by atoms with Crippen molar-refractivity contribution in [2.75, 3.05) is 0 Å². The highest BCUT2D eigenvalue weighted by Crippen LogP contribution is 2.33. The summed E-state index contributed by atoms with van der Waals surface area (Å²) in [6.45, 7) is 13.6. The van der Waals surface area contributed by atoms with E-state index in [1.165, 1.54) is 39.7 Å². The average Bonchev–Trinajstić information content (AvgIpc) is 2.51. The number of rotatable bonds is 2. The van der Waals surface area contributed by atoms with Crippen LogP contribution >= 0.6 is 0 Å². The predicted molar refractivity (Wildman–Crippen MR) is 80.4 cm³/mol. The molecule has 1 nitrogen and oxygen atoms in total. The van der Waals surface area contributed by atoms with E-state index in [2.05, 4.69) is 59.2 Å². The summed E-state index contributed by atoms with van der Waals surface area (Å²) in [7, 11) is 2.20. The maximum Gasteiger partial charge on any atom is 0.0517 e. The van der Waals surface area contributed by atoms with Crippen LogP contribution in [-0.4, -0.2) is 4.57 Å². The van der Waals surface area contributed by atoms with Crippen molar-refractivity contribution < 1.29 is 0 Å². The normalized spacial score (nSPS) is 11.8. The summed E-state index contributed by atoms with van der Waals surface area (Å²) in [5.41, 5.74) is 8.65. The number of hydrogen-bond acceptors (Lipinski definition) is 0. The average molecular weight is 243 g/mol. The Labute approximate surface area is 111 Å². The molecule has 0 saturated heterocycles. The Morgan fingerprint density at radius 2 is 1.67 bits per heavy atom. The number of aryl methyl sites for hydroxylation is 4. The van der Waals surface area contributed by atoms with E-state index in [0.717, 1.165) is 0 Å². The van der Waals surface area contributed by atoms with Crippen LogP contribution in [0.5, 0.6) is 0 Å². The van der Waals surface area contributed by atoms with E-state index in [1.807, 2.05) is 0 Å². The van der Waals surface area contributed by atoms with Gasteiger partial charge in [0, 0.05) is 18.1 Å². The quantitative estimate of drug-likeness (QED) is 0.726. The maximum atomic E-state index is 2.38. The molecule has 1 aromatic carbocycles. The van der Waals surface area contributed by atoms with Gasteiger partial charge in [0.1, 0.15) is 0 Å². The molecule has 1 heterocycles. The first-order chi connectivity index (χ1) is 8.34. The third kappa shape index (κ3) is 1.86. The molecule has 98 valence electrons. The number of benzene rings is 1. The molecule has 0 aliphatic carbocycles. The summed E-state index contributed by atoms with van der Waals surface area (Å²) in [6, 6.07) is 2.33. The second kappa shape index (κ2) is 4.46. The van der Waals surface area contributed by atoms with Crippen LogP contribution in [0.25, 0.3) is 10.9 Å². The molecule has 2 aromatic rings. The smallest absolute Gasteiger partial charge is 0.0517 e. The first kappa shape index (κ1) is 13.2. The Morgan fingerprint density at radius 1 is 1.06 bits per heavy atom. The van der Waals surface area contributed by atoms with Gasteiger partial charge in [-0.3, -0.25) is 0 Å². The Morgan fingerprint density at radius 3 is 2.22 bits per heavy atom. The zero-order valence-electron chi connectivity index (χ0n) is 12.8. The van der Waals surface area contributed by atoms with Crippen LogP contribution in [-0.2, 0) is 13.5 Å². The molecule has 0 N–H and O–H groups in total. The van der Waals surface area contributed by atoms with Crippen LogP contribution in [0.3, 0.4) is 0 Å². The van der Waals surface area contributed by atoms with Gasteiger partial charge in [0.15, 0.2) is 0 Å². The zero-order valence-corrected chi connectivity index (χ0v) is 12.8. The SMILES string of the molecule is Cc1cc(C)c2c(CC(C)C)c(C)n(C)c2c1C. The predicted octanol–water partition coefficient (Wildman–Crippen LogP) is 4.61. The summed E-state index contributed by atoms with van der Waals surface area (Å²) in [5.74, 6) is 0.704. The van der Waals surface area contributed by atoms with Crippen molar-refractivity contribution in [1.82, 2.24) is 4.57 Å².